The second-order valence-electron chi connectivity index (χ2n) is 6.12. The second-order valence-corrected chi connectivity index (χ2v) is 6.12. The number of benzene rings is 1. The van der Waals surface area contributed by atoms with Gasteiger partial charge in [0.25, 0.3) is 0 Å². The van der Waals surface area contributed by atoms with Crippen LogP contribution in [0.25, 0.3) is 0 Å². The second kappa shape index (κ2) is 8.43. The zero-order valence-electron chi connectivity index (χ0n) is 13.2. The summed E-state index contributed by atoms with van der Waals surface area (Å²) in [6.45, 7) is 10.1. The summed E-state index contributed by atoms with van der Waals surface area (Å²) < 4.78 is 0. The standard InChI is InChI=1S/C18H30N2/c1-3-12-19-13-16-8-10-18(11-9-16)15-20(4-2)14-17-6-5-7-17/h8-11,17,19H,3-7,12-15H2,1-2H3. The highest BCUT2D eigenvalue weighted by atomic mass is 15.1. The van der Waals surface area contributed by atoms with Crippen LogP contribution in [0.4, 0.5) is 0 Å². The normalized spacial score (nSPS) is 15.6. The zero-order valence-corrected chi connectivity index (χ0v) is 13.2. The Labute approximate surface area is 124 Å². The van der Waals surface area contributed by atoms with Gasteiger partial charge in [-0.2, -0.15) is 0 Å². The molecule has 2 nitrogen and oxygen atoms in total. The Kier molecular flexibility index (Phi) is 6.55. The number of nitrogens with one attached hydrogen (secondary N) is 1. The molecule has 0 aliphatic heterocycles. The largest absolute Gasteiger partial charge is 0.313 e. The SMILES string of the molecule is CCCNCc1ccc(CN(CC)CC2CCC2)cc1. The molecule has 0 spiro atoms. The van der Waals surface area contributed by atoms with Gasteiger partial charge in [0.2, 0.25) is 0 Å². The molecule has 0 heterocycles. The van der Waals surface area contributed by atoms with E-state index in [1.165, 1.54) is 43.4 Å². The molecule has 0 bridgehead atoms. The molecule has 1 aliphatic rings. The predicted octanol–water partition coefficient (Wildman–Crippen LogP) is 3.81. The van der Waals surface area contributed by atoms with E-state index >= 15 is 0 Å². The highest BCUT2D eigenvalue weighted by Gasteiger charge is 2.19. The lowest BCUT2D eigenvalue weighted by Gasteiger charge is -2.31. The van der Waals surface area contributed by atoms with Gasteiger partial charge in [0, 0.05) is 19.6 Å². The van der Waals surface area contributed by atoms with Crippen molar-refractivity contribution in [2.45, 2.75) is 52.6 Å². The summed E-state index contributed by atoms with van der Waals surface area (Å²) in [7, 11) is 0. The Morgan fingerprint density at radius 3 is 2.35 bits per heavy atom. The van der Waals surface area contributed by atoms with E-state index in [0.29, 0.717) is 0 Å². The van der Waals surface area contributed by atoms with Crippen molar-refractivity contribution < 1.29 is 0 Å². The van der Waals surface area contributed by atoms with E-state index < -0.39 is 0 Å². The first-order valence-corrected chi connectivity index (χ1v) is 8.32. The molecule has 1 aliphatic carbocycles. The van der Waals surface area contributed by atoms with Crippen LogP contribution in [0, 0.1) is 5.92 Å². The summed E-state index contributed by atoms with van der Waals surface area (Å²) in [5.74, 6) is 0.965. The fourth-order valence-electron chi connectivity index (χ4n) is 2.78. The molecular formula is C18H30N2. The van der Waals surface area contributed by atoms with Crippen LogP contribution in [0.2, 0.25) is 0 Å². The number of hydrogen-bond donors (Lipinski definition) is 1. The zero-order chi connectivity index (χ0) is 14.2. The van der Waals surface area contributed by atoms with Gasteiger partial charge in [0.15, 0.2) is 0 Å². The van der Waals surface area contributed by atoms with Crippen LogP contribution >= 0.6 is 0 Å². The molecule has 0 amide bonds. The molecule has 0 radical (unpaired) electrons. The molecule has 20 heavy (non-hydrogen) atoms. The van der Waals surface area contributed by atoms with Gasteiger partial charge in [-0.25, -0.2) is 0 Å². The minimum Gasteiger partial charge on any atom is -0.313 e. The van der Waals surface area contributed by atoms with Gasteiger partial charge in [-0.15, -0.1) is 0 Å². The summed E-state index contributed by atoms with van der Waals surface area (Å²) >= 11 is 0. The molecule has 1 saturated carbocycles. The van der Waals surface area contributed by atoms with Crippen molar-refractivity contribution in [2.75, 3.05) is 19.6 Å². The molecule has 2 rings (SSSR count). The number of rotatable bonds is 9. The van der Waals surface area contributed by atoms with Crippen molar-refractivity contribution in [1.82, 2.24) is 10.2 Å². The van der Waals surface area contributed by atoms with Crippen LogP contribution in [0.15, 0.2) is 24.3 Å². The molecule has 0 aromatic heterocycles. The van der Waals surface area contributed by atoms with E-state index in [0.717, 1.165) is 32.1 Å². The van der Waals surface area contributed by atoms with E-state index in [2.05, 4.69) is 48.3 Å². The molecule has 112 valence electrons. The lowest BCUT2D eigenvalue weighted by molar-refractivity contribution is 0.178. The molecule has 1 aromatic rings. The maximum absolute atomic E-state index is 3.45. The fraction of sp³-hybridized carbons (Fsp3) is 0.667. The summed E-state index contributed by atoms with van der Waals surface area (Å²) in [5.41, 5.74) is 2.84. The monoisotopic (exact) mass is 274 g/mol. The summed E-state index contributed by atoms with van der Waals surface area (Å²) in [6.07, 6.45) is 5.53. The molecular weight excluding hydrogens is 244 g/mol. The van der Waals surface area contributed by atoms with Crippen molar-refractivity contribution in [1.29, 1.82) is 0 Å². The molecule has 0 unspecified atom stereocenters. The Bertz CT molecular complexity index is 368. The van der Waals surface area contributed by atoms with Gasteiger partial charge in [0.1, 0.15) is 0 Å². The van der Waals surface area contributed by atoms with Crippen molar-refractivity contribution in [3.8, 4) is 0 Å². The van der Waals surface area contributed by atoms with E-state index in [4.69, 9.17) is 0 Å². The average molecular weight is 274 g/mol. The number of hydrogen-bond acceptors (Lipinski definition) is 2. The Morgan fingerprint density at radius 1 is 1.10 bits per heavy atom. The highest BCUT2D eigenvalue weighted by molar-refractivity contribution is 5.22. The lowest BCUT2D eigenvalue weighted by atomic mass is 9.85. The van der Waals surface area contributed by atoms with Crippen LogP contribution in [0.1, 0.15) is 50.7 Å². The maximum Gasteiger partial charge on any atom is 0.0233 e. The molecule has 1 N–H and O–H groups in total. The van der Waals surface area contributed by atoms with Crippen molar-refractivity contribution >= 4 is 0 Å². The van der Waals surface area contributed by atoms with Gasteiger partial charge in [0.05, 0.1) is 0 Å². The number of nitrogens with zero attached hydrogens (tertiary/aromatic N) is 1. The van der Waals surface area contributed by atoms with Crippen molar-refractivity contribution in [2.24, 2.45) is 5.92 Å². The van der Waals surface area contributed by atoms with E-state index in [9.17, 15) is 0 Å². The molecule has 2 heteroatoms. The fourth-order valence-corrected chi connectivity index (χ4v) is 2.78. The summed E-state index contributed by atoms with van der Waals surface area (Å²) in [5, 5.41) is 3.45. The van der Waals surface area contributed by atoms with E-state index in [1.807, 2.05) is 0 Å². The topological polar surface area (TPSA) is 15.3 Å². The summed E-state index contributed by atoms with van der Waals surface area (Å²) in [4.78, 5) is 2.59. The maximum atomic E-state index is 3.45. The first-order valence-electron chi connectivity index (χ1n) is 8.32. The molecule has 0 atom stereocenters. The van der Waals surface area contributed by atoms with Gasteiger partial charge in [-0.1, -0.05) is 44.5 Å². The van der Waals surface area contributed by atoms with Crippen molar-refractivity contribution in [3.63, 3.8) is 0 Å². The Balaban J connectivity index is 1.78. The van der Waals surface area contributed by atoms with Crippen molar-refractivity contribution in [3.05, 3.63) is 35.4 Å². The minimum atomic E-state index is 0.965. The summed E-state index contributed by atoms with van der Waals surface area (Å²) in [6, 6.07) is 9.14. The quantitative estimate of drug-likeness (QED) is 0.689. The molecule has 1 fully saturated rings. The average Bonchev–Trinajstić information content (AvgIpc) is 2.43. The van der Waals surface area contributed by atoms with Crippen LogP contribution in [0.3, 0.4) is 0 Å². The van der Waals surface area contributed by atoms with Gasteiger partial charge in [-0.3, -0.25) is 4.90 Å². The van der Waals surface area contributed by atoms with Gasteiger partial charge < -0.3 is 5.32 Å². The van der Waals surface area contributed by atoms with E-state index in [-0.39, 0.29) is 0 Å². The first kappa shape index (κ1) is 15.5. The lowest BCUT2D eigenvalue weighted by Crippen LogP contribution is -2.32. The van der Waals surface area contributed by atoms with Gasteiger partial charge >= 0.3 is 0 Å². The predicted molar refractivity (Wildman–Crippen MR) is 86.7 cm³/mol. The third-order valence-corrected chi connectivity index (χ3v) is 4.37. The van der Waals surface area contributed by atoms with E-state index in [1.54, 1.807) is 0 Å². The third kappa shape index (κ3) is 4.92. The molecule has 0 saturated heterocycles. The van der Waals surface area contributed by atoms with Gasteiger partial charge in [-0.05, 0) is 49.4 Å². The van der Waals surface area contributed by atoms with Crippen LogP contribution in [-0.4, -0.2) is 24.5 Å². The van der Waals surface area contributed by atoms with Crippen LogP contribution in [0.5, 0.6) is 0 Å². The highest BCUT2D eigenvalue weighted by Crippen LogP contribution is 2.27. The smallest absolute Gasteiger partial charge is 0.0233 e. The van der Waals surface area contributed by atoms with Crippen LogP contribution < -0.4 is 5.32 Å². The first-order chi connectivity index (χ1) is 9.81. The third-order valence-electron chi connectivity index (χ3n) is 4.37. The minimum absolute atomic E-state index is 0.965. The molecule has 1 aromatic carbocycles. The Morgan fingerprint density at radius 2 is 1.80 bits per heavy atom. The Hall–Kier alpha value is -0.860. The van der Waals surface area contributed by atoms with Crippen LogP contribution in [-0.2, 0) is 13.1 Å².